The van der Waals surface area contributed by atoms with E-state index in [1.54, 1.807) is 0 Å². The van der Waals surface area contributed by atoms with E-state index in [0.29, 0.717) is 23.4 Å². The Bertz CT molecular complexity index is 817. The van der Waals surface area contributed by atoms with E-state index in [2.05, 4.69) is 44.7 Å². The number of rotatable bonds is 5. The molecule has 2 heterocycles. The first-order chi connectivity index (χ1) is 12.1. The smallest absolute Gasteiger partial charge is 0.254 e. The highest BCUT2D eigenvalue weighted by Gasteiger charge is 2.24. The lowest BCUT2D eigenvalue weighted by molar-refractivity contribution is 0.100. The van der Waals surface area contributed by atoms with Crippen LogP contribution in [0.5, 0.6) is 0 Å². The molecule has 1 fully saturated rings. The van der Waals surface area contributed by atoms with Crippen molar-refractivity contribution in [3.05, 3.63) is 41.1 Å². The van der Waals surface area contributed by atoms with Gasteiger partial charge in [-0.15, -0.1) is 0 Å². The maximum Gasteiger partial charge on any atom is 0.254 e. The van der Waals surface area contributed by atoms with Crippen molar-refractivity contribution in [1.82, 2.24) is 14.9 Å². The third-order valence-corrected chi connectivity index (χ3v) is 4.64. The topological polar surface area (TPSA) is 96.2 Å². The summed E-state index contributed by atoms with van der Waals surface area (Å²) in [7, 11) is 2.14. The molecule has 130 valence electrons. The van der Waals surface area contributed by atoms with Crippen LogP contribution in [0, 0.1) is 0 Å². The monoisotopic (exact) mass is 338 g/mol. The second-order valence-corrected chi connectivity index (χ2v) is 6.84. The summed E-state index contributed by atoms with van der Waals surface area (Å²) in [5.41, 5.74) is 9.41. The molecule has 0 radical (unpaired) electrons. The summed E-state index contributed by atoms with van der Waals surface area (Å²) in [6.45, 7) is 2.05. The molecule has 25 heavy (non-hydrogen) atoms. The van der Waals surface area contributed by atoms with Crippen LogP contribution in [0.2, 0.25) is 0 Å². The van der Waals surface area contributed by atoms with Crippen LogP contribution < -0.4 is 16.4 Å². The molecular formula is C18H22N6O. The molecule has 1 aromatic heterocycles. The first-order valence-electron chi connectivity index (χ1n) is 8.59. The maximum atomic E-state index is 11.6. The normalized spacial score (nSPS) is 17.0. The zero-order valence-electron chi connectivity index (χ0n) is 14.2. The van der Waals surface area contributed by atoms with E-state index in [4.69, 9.17) is 5.73 Å². The molecule has 1 aliphatic carbocycles. The molecule has 0 atom stereocenters. The van der Waals surface area contributed by atoms with Gasteiger partial charge in [-0.2, -0.15) is 4.98 Å². The van der Waals surface area contributed by atoms with Gasteiger partial charge in [-0.3, -0.25) is 4.79 Å². The van der Waals surface area contributed by atoms with Gasteiger partial charge in [0.1, 0.15) is 5.82 Å². The SMILES string of the molecule is CN1CCc2cc(Nc3ncc(C(N)=O)c(NC4CC4)n3)ccc2C1. The zero-order valence-corrected chi connectivity index (χ0v) is 14.2. The van der Waals surface area contributed by atoms with Crippen molar-refractivity contribution in [2.75, 3.05) is 24.2 Å². The molecule has 4 N–H and O–H groups in total. The molecule has 1 aromatic carbocycles. The number of nitrogens with zero attached hydrogens (tertiary/aromatic N) is 3. The van der Waals surface area contributed by atoms with Crippen molar-refractivity contribution in [2.24, 2.45) is 5.73 Å². The fourth-order valence-electron chi connectivity index (χ4n) is 3.05. The Morgan fingerprint density at radius 1 is 1.32 bits per heavy atom. The molecular weight excluding hydrogens is 316 g/mol. The molecule has 2 aliphatic rings. The quantitative estimate of drug-likeness (QED) is 0.770. The van der Waals surface area contributed by atoms with E-state index in [9.17, 15) is 4.79 Å². The number of carbonyl (C=O) groups excluding carboxylic acids is 1. The van der Waals surface area contributed by atoms with Gasteiger partial charge in [0, 0.05) is 31.0 Å². The molecule has 7 heteroatoms. The number of carbonyl (C=O) groups is 1. The summed E-state index contributed by atoms with van der Waals surface area (Å²) in [6, 6.07) is 6.72. The van der Waals surface area contributed by atoms with Gasteiger partial charge in [0.25, 0.3) is 5.91 Å². The highest BCUT2D eigenvalue weighted by molar-refractivity contribution is 5.97. The number of amides is 1. The van der Waals surface area contributed by atoms with Crippen LogP contribution in [0.4, 0.5) is 17.5 Å². The number of nitrogens with one attached hydrogen (secondary N) is 2. The second-order valence-electron chi connectivity index (χ2n) is 6.84. The number of hydrogen-bond donors (Lipinski definition) is 3. The lowest BCUT2D eigenvalue weighted by atomic mass is 9.99. The summed E-state index contributed by atoms with van der Waals surface area (Å²) in [5, 5.41) is 6.49. The molecule has 0 saturated heterocycles. The number of benzene rings is 1. The lowest BCUT2D eigenvalue weighted by Crippen LogP contribution is -2.26. The molecule has 7 nitrogen and oxygen atoms in total. The minimum atomic E-state index is -0.521. The van der Waals surface area contributed by atoms with Crippen LogP contribution in [0.25, 0.3) is 0 Å². The minimum Gasteiger partial charge on any atom is -0.367 e. The Morgan fingerprint density at radius 3 is 2.92 bits per heavy atom. The second kappa shape index (κ2) is 6.33. The first kappa shape index (κ1) is 15.8. The highest BCUT2D eigenvalue weighted by Crippen LogP contribution is 2.27. The van der Waals surface area contributed by atoms with Gasteiger partial charge in [-0.1, -0.05) is 6.07 Å². The number of hydrogen-bond acceptors (Lipinski definition) is 6. The van der Waals surface area contributed by atoms with Crippen LogP contribution in [-0.2, 0) is 13.0 Å². The van der Waals surface area contributed by atoms with Gasteiger partial charge in [0.2, 0.25) is 5.95 Å². The predicted molar refractivity (Wildman–Crippen MR) is 97.0 cm³/mol. The Kier molecular flexibility index (Phi) is 4.01. The van der Waals surface area contributed by atoms with Gasteiger partial charge in [0.15, 0.2) is 0 Å². The average Bonchev–Trinajstić information content (AvgIpc) is 3.39. The predicted octanol–water partition coefficient (Wildman–Crippen LogP) is 1.88. The van der Waals surface area contributed by atoms with Crippen molar-refractivity contribution in [3.63, 3.8) is 0 Å². The number of nitrogens with two attached hydrogens (primary N) is 1. The molecule has 4 rings (SSSR count). The third-order valence-electron chi connectivity index (χ3n) is 4.64. The van der Waals surface area contributed by atoms with Gasteiger partial charge in [-0.05, 0) is 49.6 Å². The van der Waals surface area contributed by atoms with E-state index in [-0.39, 0.29) is 0 Å². The number of anilines is 3. The zero-order chi connectivity index (χ0) is 17.4. The summed E-state index contributed by atoms with van der Waals surface area (Å²) >= 11 is 0. The van der Waals surface area contributed by atoms with Gasteiger partial charge >= 0.3 is 0 Å². The summed E-state index contributed by atoms with van der Waals surface area (Å²) < 4.78 is 0. The van der Waals surface area contributed by atoms with Crippen molar-refractivity contribution in [3.8, 4) is 0 Å². The first-order valence-corrected chi connectivity index (χ1v) is 8.59. The number of aromatic nitrogens is 2. The molecule has 0 unspecified atom stereocenters. The third kappa shape index (κ3) is 3.56. The Hall–Kier alpha value is -2.67. The van der Waals surface area contributed by atoms with Gasteiger partial charge in [-0.25, -0.2) is 4.98 Å². The molecule has 1 aliphatic heterocycles. The molecule has 0 bridgehead atoms. The Labute approximate surface area is 146 Å². The minimum absolute atomic E-state index is 0.325. The van der Waals surface area contributed by atoms with E-state index in [1.807, 2.05) is 6.07 Å². The molecule has 1 amide bonds. The van der Waals surface area contributed by atoms with Gasteiger partial charge < -0.3 is 21.3 Å². The van der Waals surface area contributed by atoms with Crippen LogP contribution >= 0.6 is 0 Å². The number of likely N-dealkylation sites (N-methyl/N-ethyl adjacent to an activating group) is 1. The van der Waals surface area contributed by atoms with Crippen molar-refractivity contribution in [2.45, 2.75) is 31.8 Å². The fourth-order valence-corrected chi connectivity index (χ4v) is 3.05. The highest BCUT2D eigenvalue weighted by atomic mass is 16.1. The van der Waals surface area contributed by atoms with Gasteiger partial charge in [0.05, 0.1) is 5.56 Å². The standard InChI is InChI=1S/C18H22N6O/c1-24-7-6-11-8-14(3-2-12(11)10-24)22-18-20-9-15(16(19)25)17(23-18)21-13-4-5-13/h2-3,8-9,13H,4-7,10H2,1H3,(H2,19,25)(H2,20,21,22,23). The van der Waals surface area contributed by atoms with Crippen LogP contribution in [-0.4, -0.2) is 40.4 Å². The van der Waals surface area contributed by atoms with Crippen LogP contribution in [0.3, 0.4) is 0 Å². The largest absolute Gasteiger partial charge is 0.367 e. The maximum absolute atomic E-state index is 11.6. The van der Waals surface area contributed by atoms with Crippen LogP contribution in [0.1, 0.15) is 34.3 Å². The average molecular weight is 338 g/mol. The summed E-state index contributed by atoms with van der Waals surface area (Å²) in [6.07, 6.45) is 4.70. The Balaban J connectivity index is 1.57. The number of fused-ring (bicyclic) bond motifs is 1. The van der Waals surface area contributed by atoms with E-state index in [0.717, 1.165) is 38.0 Å². The fraction of sp³-hybridized carbons (Fsp3) is 0.389. The summed E-state index contributed by atoms with van der Waals surface area (Å²) in [4.78, 5) is 22.6. The molecule has 2 aromatic rings. The Morgan fingerprint density at radius 2 is 2.16 bits per heavy atom. The van der Waals surface area contributed by atoms with Crippen molar-refractivity contribution in [1.29, 1.82) is 0 Å². The summed E-state index contributed by atoms with van der Waals surface area (Å²) in [5.74, 6) is 0.445. The lowest BCUT2D eigenvalue weighted by Gasteiger charge is -2.25. The van der Waals surface area contributed by atoms with Crippen LogP contribution in [0.15, 0.2) is 24.4 Å². The van der Waals surface area contributed by atoms with E-state index < -0.39 is 5.91 Å². The molecule has 0 spiro atoms. The number of primary amides is 1. The van der Waals surface area contributed by atoms with Crippen molar-refractivity contribution < 1.29 is 4.79 Å². The molecule has 1 saturated carbocycles. The van der Waals surface area contributed by atoms with E-state index >= 15 is 0 Å². The van der Waals surface area contributed by atoms with Crippen molar-refractivity contribution >= 4 is 23.4 Å². The van der Waals surface area contributed by atoms with E-state index in [1.165, 1.54) is 17.3 Å².